The molecule has 0 aromatic carbocycles. The minimum atomic E-state index is 0.772. The van der Waals surface area contributed by atoms with E-state index in [1.165, 1.54) is 16.5 Å². The van der Waals surface area contributed by atoms with Gasteiger partial charge in [-0.05, 0) is 23.3 Å². The zero-order valence-corrected chi connectivity index (χ0v) is 7.66. The molecule has 0 aliphatic carbocycles. The molecule has 0 spiro atoms. The number of aromatic amines is 1. The van der Waals surface area contributed by atoms with Crippen LogP contribution in [0.1, 0.15) is 5.56 Å². The van der Waals surface area contributed by atoms with E-state index in [9.17, 15) is 0 Å². The highest BCUT2D eigenvalue weighted by atomic mass is 16.5. The van der Waals surface area contributed by atoms with E-state index in [0.717, 1.165) is 18.9 Å². The van der Waals surface area contributed by atoms with Crippen LogP contribution in [-0.4, -0.2) is 23.2 Å². The van der Waals surface area contributed by atoms with Gasteiger partial charge in [0.15, 0.2) is 0 Å². The standard InChI is InChI=1S/C11H10N2O/c1-3-12-11-10(2-4-13-11)9(1)5-8-6-14-7-8/h1-5H,6-7H2,(H,12,13). The maximum Gasteiger partial charge on any atom is 0.137 e. The lowest BCUT2D eigenvalue weighted by atomic mass is 10.1. The number of pyridine rings is 1. The topological polar surface area (TPSA) is 37.9 Å². The minimum absolute atomic E-state index is 0.772. The molecule has 3 rings (SSSR count). The first-order valence-electron chi connectivity index (χ1n) is 4.63. The Bertz CT molecular complexity index is 493. The molecule has 0 amide bonds. The van der Waals surface area contributed by atoms with Gasteiger partial charge in [-0.25, -0.2) is 4.98 Å². The van der Waals surface area contributed by atoms with Gasteiger partial charge in [0.05, 0.1) is 13.2 Å². The van der Waals surface area contributed by atoms with Crippen molar-refractivity contribution in [1.82, 2.24) is 9.97 Å². The Morgan fingerprint density at radius 1 is 1.36 bits per heavy atom. The molecule has 0 atom stereocenters. The second-order valence-corrected chi connectivity index (χ2v) is 3.44. The van der Waals surface area contributed by atoms with Crippen LogP contribution >= 0.6 is 0 Å². The molecule has 70 valence electrons. The van der Waals surface area contributed by atoms with Crippen molar-refractivity contribution in [3.63, 3.8) is 0 Å². The molecule has 1 N–H and O–H groups in total. The Balaban J connectivity index is 2.15. The van der Waals surface area contributed by atoms with Crippen molar-refractivity contribution in [3.05, 3.63) is 35.7 Å². The van der Waals surface area contributed by atoms with E-state index in [0.29, 0.717) is 0 Å². The van der Waals surface area contributed by atoms with Gasteiger partial charge in [-0.15, -0.1) is 0 Å². The number of hydrogen-bond acceptors (Lipinski definition) is 2. The van der Waals surface area contributed by atoms with Gasteiger partial charge >= 0.3 is 0 Å². The third-order valence-corrected chi connectivity index (χ3v) is 2.43. The van der Waals surface area contributed by atoms with Crippen LogP contribution in [0, 0.1) is 0 Å². The van der Waals surface area contributed by atoms with Crippen LogP contribution in [0.2, 0.25) is 0 Å². The highest BCUT2D eigenvalue weighted by Gasteiger charge is 2.09. The van der Waals surface area contributed by atoms with Gasteiger partial charge in [-0.2, -0.15) is 0 Å². The van der Waals surface area contributed by atoms with Crippen LogP contribution in [0.25, 0.3) is 17.1 Å². The van der Waals surface area contributed by atoms with Crippen molar-refractivity contribution in [2.24, 2.45) is 0 Å². The predicted octanol–water partition coefficient (Wildman–Crippen LogP) is 1.98. The molecular formula is C11H10N2O. The van der Waals surface area contributed by atoms with E-state index >= 15 is 0 Å². The normalized spacial score (nSPS) is 15.6. The zero-order chi connectivity index (χ0) is 9.38. The van der Waals surface area contributed by atoms with Crippen LogP contribution in [0.4, 0.5) is 0 Å². The van der Waals surface area contributed by atoms with Crippen molar-refractivity contribution >= 4 is 17.1 Å². The van der Waals surface area contributed by atoms with E-state index in [-0.39, 0.29) is 0 Å². The van der Waals surface area contributed by atoms with E-state index in [1.807, 2.05) is 24.5 Å². The van der Waals surface area contributed by atoms with Crippen molar-refractivity contribution in [2.75, 3.05) is 13.2 Å². The van der Waals surface area contributed by atoms with Crippen molar-refractivity contribution in [1.29, 1.82) is 0 Å². The first-order chi connectivity index (χ1) is 6.93. The van der Waals surface area contributed by atoms with E-state index in [1.54, 1.807) is 0 Å². The van der Waals surface area contributed by atoms with Crippen molar-refractivity contribution in [3.8, 4) is 0 Å². The fourth-order valence-electron chi connectivity index (χ4n) is 1.63. The number of nitrogens with zero attached hydrogens (tertiary/aromatic N) is 1. The molecule has 3 nitrogen and oxygen atoms in total. The highest BCUT2D eigenvalue weighted by molar-refractivity contribution is 5.86. The first-order valence-corrected chi connectivity index (χ1v) is 4.63. The molecule has 1 aliphatic rings. The highest BCUT2D eigenvalue weighted by Crippen LogP contribution is 2.20. The summed E-state index contributed by atoms with van der Waals surface area (Å²) >= 11 is 0. The molecule has 1 fully saturated rings. The van der Waals surface area contributed by atoms with Gasteiger partial charge in [-0.1, -0.05) is 6.08 Å². The lowest BCUT2D eigenvalue weighted by molar-refractivity contribution is 0.105. The van der Waals surface area contributed by atoms with E-state index in [4.69, 9.17) is 4.74 Å². The van der Waals surface area contributed by atoms with Crippen molar-refractivity contribution in [2.45, 2.75) is 0 Å². The Labute approximate surface area is 81.4 Å². The molecule has 0 saturated carbocycles. The lowest BCUT2D eigenvalue weighted by Crippen LogP contribution is -2.15. The van der Waals surface area contributed by atoms with Crippen LogP contribution in [0.3, 0.4) is 0 Å². The number of H-pyrrole nitrogens is 1. The molecule has 3 heterocycles. The Morgan fingerprint density at radius 2 is 2.29 bits per heavy atom. The lowest BCUT2D eigenvalue weighted by Gasteiger charge is -2.17. The minimum Gasteiger partial charge on any atom is -0.373 e. The Hall–Kier alpha value is -1.61. The maximum atomic E-state index is 5.11. The van der Waals surface area contributed by atoms with Gasteiger partial charge in [0.2, 0.25) is 0 Å². The number of ether oxygens (including phenoxy) is 1. The summed E-state index contributed by atoms with van der Waals surface area (Å²) in [6.07, 6.45) is 5.92. The summed E-state index contributed by atoms with van der Waals surface area (Å²) in [5, 5.41) is 1.17. The van der Waals surface area contributed by atoms with Gasteiger partial charge in [0.25, 0.3) is 0 Å². The zero-order valence-electron chi connectivity index (χ0n) is 7.66. The van der Waals surface area contributed by atoms with Gasteiger partial charge in [0.1, 0.15) is 5.65 Å². The number of nitrogens with one attached hydrogen (secondary N) is 1. The van der Waals surface area contributed by atoms with Crippen molar-refractivity contribution < 1.29 is 4.74 Å². The van der Waals surface area contributed by atoms with E-state index < -0.39 is 0 Å². The average Bonchev–Trinajstić information content (AvgIpc) is 2.59. The summed E-state index contributed by atoms with van der Waals surface area (Å²) in [5.41, 5.74) is 3.51. The van der Waals surface area contributed by atoms with Crippen LogP contribution in [0.15, 0.2) is 30.1 Å². The Morgan fingerprint density at radius 3 is 3.07 bits per heavy atom. The number of aromatic nitrogens is 2. The monoisotopic (exact) mass is 186 g/mol. The fraction of sp³-hybridized carbons (Fsp3) is 0.182. The summed E-state index contributed by atoms with van der Waals surface area (Å²) < 4.78 is 5.11. The largest absolute Gasteiger partial charge is 0.373 e. The van der Waals surface area contributed by atoms with Crippen LogP contribution in [-0.2, 0) is 4.74 Å². The quantitative estimate of drug-likeness (QED) is 0.739. The number of hydrogen-bond donors (Lipinski definition) is 1. The molecule has 2 aromatic rings. The first kappa shape index (κ1) is 7.76. The molecule has 1 saturated heterocycles. The van der Waals surface area contributed by atoms with Crippen LogP contribution < -0.4 is 0 Å². The maximum absolute atomic E-state index is 5.11. The molecule has 1 aliphatic heterocycles. The smallest absolute Gasteiger partial charge is 0.137 e. The molecular weight excluding hydrogens is 176 g/mol. The summed E-state index contributed by atoms with van der Waals surface area (Å²) in [6, 6.07) is 4.08. The SMILES string of the molecule is C(=C1COC1)c1ccnc2[nH]ccc12. The summed E-state index contributed by atoms with van der Waals surface area (Å²) in [4.78, 5) is 7.33. The average molecular weight is 186 g/mol. The third kappa shape index (κ3) is 1.14. The predicted molar refractivity (Wildman–Crippen MR) is 54.9 cm³/mol. The molecule has 2 aromatic heterocycles. The fourth-order valence-corrected chi connectivity index (χ4v) is 1.63. The summed E-state index contributed by atoms with van der Waals surface area (Å²) in [7, 11) is 0. The van der Waals surface area contributed by atoms with Gasteiger partial charge < -0.3 is 9.72 Å². The molecule has 0 bridgehead atoms. The second kappa shape index (κ2) is 2.96. The van der Waals surface area contributed by atoms with Gasteiger partial charge in [0, 0.05) is 17.8 Å². The van der Waals surface area contributed by atoms with Gasteiger partial charge in [-0.3, -0.25) is 0 Å². The number of fused-ring (bicyclic) bond motifs is 1. The Kier molecular flexibility index (Phi) is 1.64. The third-order valence-electron chi connectivity index (χ3n) is 2.43. The molecule has 0 unspecified atom stereocenters. The molecule has 0 radical (unpaired) electrons. The van der Waals surface area contributed by atoms with E-state index in [2.05, 4.69) is 16.0 Å². The summed E-state index contributed by atoms with van der Waals surface area (Å²) in [6.45, 7) is 1.54. The molecule has 14 heavy (non-hydrogen) atoms. The summed E-state index contributed by atoms with van der Waals surface area (Å²) in [5.74, 6) is 0. The number of rotatable bonds is 1. The molecule has 3 heteroatoms. The van der Waals surface area contributed by atoms with Crippen LogP contribution in [0.5, 0.6) is 0 Å². The second-order valence-electron chi connectivity index (χ2n) is 3.44.